The lowest BCUT2D eigenvalue weighted by Crippen LogP contribution is -2.30. The summed E-state index contributed by atoms with van der Waals surface area (Å²) in [6.45, 7) is 3.56. The number of nitrogens with one attached hydrogen (secondary N) is 1. The Balaban J connectivity index is 2.10. The fourth-order valence-corrected chi connectivity index (χ4v) is 2.35. The van der Waals surface area contributed by atoms with E-state index in [2.05, 4.69) is 5.32 Å². The number of carbonyl (C=O) groups excluding carboxylic acids is 1. The van der Waals surface area contributed by atoms with E-state index in [-0.39, 0.29) is 5.91 Å². The van der Waals surface area contributed by atoms with Crippen LogP contribution in [0.25, 0.3) is 11.1 Å². The van der Waals surface area contributed by atoms with Gasteiger partial charge in [0.1, 0.15) is 0 Å². The molecule has 0 saturated carbocycles. The topological polar surface area (TPSA) is 49.3 Å². The van der Waals surface area contributed by atoms with E-state index in [1.54, 1.807) is 0 Å². The highest BCUT2D eigenvalue weighted by molar-refractivity contribution is 6.05. The maximum atomic E-state index is 11.7. The van der Waals surface area contributed by atoms with Crippen LogP contribution < -0.4 is 5.32 Å². The maximum Gasteiger partial charge on any atom is 0.260 e. The van der Waals surface area contributed by atoms with Crippen molar-refractivity contribution in [2.45, 2.75) is 19.4 Å². The molecule has 0 saturated heterocycles. The highest BCUT2D eigenvalue weighted by atomic mass is 16.3. The first-order valence-corrected chi connectivity index (χ1v) is 6.24. The molecule has 3 heteroatoms. The van der Waals surface area contributed by atoms with Crippen LogP contribution in [0.4, 0.5) is 5.69 Å². The molecule has 3 rings (SSSR count). The summed E-state index contributed by atoms with van der Waals surface area (Å²) in [5, 5.41) is 12.9. The number of hydrogen-bond donors (Lipinski definition) is 2. The van der Waals surface area contributed by atoms with E-state index in [9.17, 15) is 9.90 Å². The lowest BCUT2D eigenvalue weighted by atomic mass is 9.94. The molecular weight excluding hydrogens is 238 g/mol. The minimum absolute atomic E-state index is 0.372. The van der Waals surface area contributed by atoms with Gasteiger partial charge in [0.2, 0.25) is 0 Å². The Bertz CT molecular complexity index is 657. The SMILES string of the molecule is Cc1ccc(-c2ccc3c(c2)[C@@](C)(O)C(=O)N3)cc1. The van der Waals surface area contributed by atoms with Gasteiger partial charge in [0, 0.05) is 11.3 Å². The fourth-order valence-electron chi connectivity index (χ4n) is 2.35. The Morgan fingerprint density at radius 1 is 1.05 bits per heavy atom. The Morgan fingerprint density at radius 3 is 2.37 bits per heavy atom. The second kappa shape index (κ2) is 3.93. The highest BCUT2D eigenvalue weighted by Gasteiger charge is 2.40. The molecule has 1 heterocycles. The fraction of sp³-hybridized carbons (Fsp3) is 0.188. The van der Waals surface area contributed by atoms with Crippen molar-refractivity contribution in [2.75, 3.05) is 5.32 Å². The van der Waals surface area contributed by atoms with Gasteiger partial charge in [-0.05, 0) is 37.1 Å². The number of aryl methyl sites for hydroxylation is 1. The number of anilines is 1. The standard InChI is InChI=1S/C16H15NO2/c1-10-3-5-11(6-4-10)12-7-8-14-13(9-12)16(2,19)15(18)17-14/h3-9,19H,1-2H3,(H,17,18)/t16-/m1/s1. The summed E-state index contributed by atoms with van der Waals surface area (Å²) in [5.74, 6) is -0.372. The van der Waals surface area contributed by atoms with Crippen LogP contribution >= 0.6 is 0 Å². The van der Waals surface area contributed by atoms with Gasteiger partial charge < -0.3 is 10.4 Å². The number of amides is 1. The van der Waals surface area contributed by atoms with E-state index in [1.807, 2.05) is 49.4 Å². The third-order valence-electron chi connectivity index (χ3n) is 3.62. The third-order valence-corrected chi connectivity index (χ3v) is 3.62. The average Bonchev–Trinajstić information content (AvgIpc) is 2.61. The number of aliphatic hydroxyl groups is 1. The van der Waals surface area contributed by atoms with Crippen LogP contribution in [0.5, 0.6) is 0 Å². The third kappa shape index (κ3) is 1.83. The molecule has 2 aromatic carbocycles. The average molecular weight is 253 g/mol. The van der Waals surface area contributed by atoms with Gasteiger partial charge >= 0.3 is 0 Å². The highest BCUT2D eigenvalue weighted by Crippen LogP contribution is 2.38. The lowest BCUT2D eigenvalue weighted by Gasteiger charge is -2.14. The van der Waals surface area contributed by atoms with E-state index in [0.29, 0.717) is 11.3 Å². The second-order valence-electron chi connectivity index (χ2n) is 5.15. The molecule has 0 aromatic heterocycles. The first-order chi connectivity index (χ1) is 8.98. The second-order valence-corrected chi connectivity index (χ2v) is 5.15. The molecule has 3 nitrogen and oxygen atoms in total. The van der Waals surface area contributed by atoms with Gasteiger partial charge in [-0.1, -0.05) is 35.9 Å². The summed E-state index contributed by atoms with van der Waals surface area (Å²) in [5.41, 5.74) is 3.14. The molecule has 1 atom stereocenters. The van der Waals surface area contributed by atoms with Crippen molar-refractivity contribution >= 4 is 11.6 Å². The quantitative estimate of drug-likeness (QED) is 0.821. The monoisotopic (exact) mass is 253 g/mol. The lowest BCUT2D eigenvalue weighted by molar-refractivity contribution is -0.131. The first-order valence-electron chi connectivity index (χ1n) is 6.24. The van der Waals surface area contributed by atoms with Crippen molar-refractivity contribution in [1.82, 2.24) is 0 Å². The number of rotatable bonds is 1. The maximum absolute atomic E-state index is 11.7. The Kier molecular flexibility index (Phi) is 2.47. The summed E-state index contributed by atoms with van der Waals surface area (Å²) in [4.78, 5) is 11.7. The molecule has 1 amide bonds. The van der Waals surface area contributed by atoms with Gasteiger partial charge in [0.15, 0.2) is 5.60 Å². The van der Waals surface area contributed by atoms with Crippen molar-refractivity contribution in [3.63, 3.8) is 0 Å². The Morgan fingerprint density at radius 2 is 1.68 bits per heavy atom. The first kappa shape index (κ1) is 11.9. The van der Waals surface area contributed by atoms with E-state index in [4.69, 9.17) is 0 Å². The minimum atomic E-state index is -1.45. The van der Waals surface area contributed by atoms with Crippen molar-refractivity contribution in [3.8, 4) is 11.1 Å². The Labute approximate surface area is 111 Å². The van der Waals surface area contributed by atoms with E-state index in [1.165, 1.54) is 12.5 Å². The zero-order valence-corrected chi connectivity index (χ0v) is 10.9. The molecule has 19 heavy (non-hydrogen) atoms. The molecule has 96 valence electrons. The van der Waals surface area contributed by atoms with Gasteiger partial charge in [-0.3, -0.25) is 4.79 Å². The smallest absolute Gasteiger partial charge is 0.260 e. The predicted octanol–water partition coefficient (Wildman–Crippen LogP) is 2.82. The zero-order chi connectivity index (χ0) is 13.6. The summed E-state index contributed by atoms with van der Waals surface area (Å²) in [6.07, 6.45) is 0. The van der Waals surface area contributed by atoms with Crippen molar-refractivity contribution in [3.05, 3.63) is 53.6 Å². The van der Waals surface area contributed by atoms with Gasteiger partial charge in [0.25, 0.3) is 5.91 Å². The minimum Gasteiger partial charge on any atom is -0.375 e. The molecule has 2 aromatic rings. The molecule has 0 radical (unpaired) electrons. The van der Waals surface area contributed by atoms with Crippen LogP contribution in [0, 0.1) is 6.92 Å². The molecule has 2 N–H and O–H groups in total. The summed E-state index contributed by atoms with van der Waals surface area (Å²) >= 11 is 0. The summed E-state index contributed by atoms with van der Waals surface area (Å²) < 4.78 is 0. The van der Waals surface area contributed by atoms with E-state index < -0.39 is 5.60 Å². The molecule has 1 aliphatic heterocycles. The molecule has 1 aliphatic rings. The number of benzene rings is 2. The van der Waals surface area contributed by atoms with Crippen molar-refractivity contribution < 1.29 is 9.90 Å². The van der Waals surface area contributed by atoms with Gasteiger partial charge in [-0.15, -0.1) is 0 Å². The number of fused-ring (bicyclic) bond motifs is 1. The van der Waals surface area contributed by atoms with Crippen LogP contribution in [0.15, 0.2) is 42.5 Å². The molecule has 0 aliphatic carbocycles. The predicted molar refractivity (Wildman–Crippen MR) is 74.8 cm³/mol. The molecule has 0 fully saturated rings. The summed E-state index contributed by atoms with van der Waals surface area (Å²) in [6, 6.07) is 13.8. The largest absolute Gasteiger partial charge is 0.375 e. The van der Waals surface area contributed by atoms with E-state index in [0.717, 1.165) is 11.1 Å². The molecule has 0 spiro atoms. The summed E-state index contributed by atoms with van der Waals surface area (Å²) in [7, 11) is 0. The van der Waals surface area contributed by atoms with Crippen LogP contribution in [-0.4, -0.2) is 11.0 Å². The van der Waals surface area contributed by atoms with Crippen LogP contribution in [0.3, 0.4) is 0 Å². The van der Waals surface area contributed by atoms with Gasteiger partial charge in [-0.25, -0.2) is 0 Å². The van der Waals surface area contributed by atoms with Gasteiger partial charge in [-0.2, -0.15) is 0 Å². The molecule has 0 unspecified atom stereocenters. The van der Waals surface area contributed by atoms with Crippen LogP contribution in [0.1, 0.15) is 18.1 Å². The van der Waals surface area contributed by atoms with Crippen molar-refractivity contribution in [1.29, 1.82) is 0 Å². The number of carbonyl (C=O) groups is 1. The number of hydrogen-bond acceptors (Lipinski definition) is 2. The molecule has 0 bridgehead atoms. The van der Waals surface area contributed by atoms with Crippen molar-refractivity contribution in [2.24, 2.45) is 0 Å². The van der Waals surface area contributed by atoms with Crippen LogP contribution in [0.2, 0.25) is 0 Å². The normalized spacial score (nSPS) is 21.1. The van der Waals surface area contributed by atoms with E-state index >= 15 is 0 Å². The zero-order valence-electron chi connectivity index (χ0n) is 10.9. The molecular formula is C16H15NO2. The Hall–Kier alpha value is -2.13. The van der Waals surface area contributed by atoms with Gasteiger partial charge in [0.05, 0.1) is 0 Å². The van der Waals surface area contributed by atoms with Crippen LogP contribution in [-0.2, 0) is 10.4 Å².